The van der Waals surface area contributed by atoms with Crippen molar-refractivity contribution in [3.63, 3.8) is 0 Å². The minimum Gasteiger partial charge on any atom is -0.323 e. The molecule has 0 saturated carbocycles. The number of benzene rings is 1. The smallest absolute Gasteiger partial charge is 0.257 e. The molecule has 0 spiro atoms. The third-order valence-electron chi connectivity index (χ3n) is 3.05. The van der Waals surface area contributed by atoms with Crippen molar-refractivity contribution in [2.45, 2.75) is 13.8 Å². The van der Waals surface area contributed by atoms with E-state index in [9.17, 15) is 4.79 Å². The fourth-order valence-corrected chi connectivity index (χ4v) is 2.03. The molecule has 0 aliphatic rings. The molecule has 1 aromatic rings. The van der Waals surface area contributed by atoms with E-state index < -0.39 is 0 Å². The molecule has 0 fully saturated rings. The Labute approximate surface area is 148 Å². The lowest BCUT2D eigenvalue weighted by Gasteiger charge is -2.06. The van der Waals surface area contributed by atoms with Crippen LogP contribution < -0.4 is 5.32 Å². The Kier molecular flexibility index (Phi) is 8.23. The van der Waals surface area contributed by atoms with Crippen molar-refractivity contribution in [1.82, 2.24) is 5.32 Å². The van der Waals surface area contributed by atoms with Gasteiger partial charge in [-0.1, -0.05) is 55.1 Å². The number of aliphatic imine (C=N–C) groups is 1. The van der Waals surface area contributed by atoms with Crippen molar-refractivity contribution in [3.8, 4) is 0 Å². The lowest BCUT2D eigenvalue weighted by Crippen LogP contribution is -2.22. The molecule has 0 radical (unpaired) electrons. The summed E-state index contributed by atoms with van der Waals surface area (Å²) < 4.78 is 0. The third-order valence-corrected chi connectivity index (χ3v) is 3.29. The molecule has 0 bridgehead atoms. The minimum absolute atomic E-state index is 0.310. The number of halogens is 1. The first-order chi connectivity index (χ1) is 11.5. The molecule has 1 rings (SSSR count). The lowest BCUT2D eigenvalue weighted by molar-refractivity contribution is -0.116. The second kappa shape index (κ2) is 10.2. The summed E-state index contributed by atoms with van der Waals surface area (Å²) in [6.07, 6.45) is 10.1. The molecule has 24 heavy (non-hydrogen) atoms. The van der Waals surface area contributed by atoms with Gasteiger partial charge in [-0.2, -0.15) is 0 Å². The Balaban J connectivity index is 2.81. The quantitative estimate of drug-likeness (QED) is 0.419. The highest BCUT2D eigenvalue weighted by molar-refractivity contribution is 6.30. The van der Waals surface area contributed by atoms with Crippen LogP contribution in [0.4, 0.5) is 0 Å². The van der Waals surface area contributed by atoms with E-state index in [-0.39, 0.29) is 5.91 Å². The monoisotopic (exact) mass is 340 g/mol. The van der Waals surface area contributed by atoms with Crippen LogP contribution >= 0.6 is 11.6 Å². The summed E-state index contributed by atoms with van der Waals surface area (Å²) in [5, 5.41) is 3.37. The molecule has 4 heteroatoms. The van der Waals surface area contributed by atoms with E-state index in [4.69, 9.17) is 11.6 Å². The Morgan fingerprint density at radius 3 is 2.62 bits per heavy atom. The van der Waals surface area contributed by atoms with Crippen molar-refractivity contribution in [3.05, 3.63) is 89.8 Å². The van der Waals surface area contributed by atoms with Crippen molar-refractivity contribution in [2.75, 3.05) is 0 Å². The second-order valence-electron chi connectivity index (χ2n) is 4.76. The predicted octanol–water partition coefficient (Wildman–Crippen LogP) is 5.09. The molecule has 1 aromatic carbocycles. The van der Waals surface area contributed by atoms with E-state index in [0.717, 1.165) is 11.1 Å². The summed E-state index contributed by atoms with van der Waals surface area (Å²) in [5.74, 6) is -0.310. The van der Waals surface area contributed by atoms with Crippen LogP contribution in [0.1, 0.15) is 19.4 Å². The van der Waals surface area contributed by atoms with Gasteiger partial charge < -0.3 is 5.32 Å². The minimum atomic E-state index is -0.310. The van der Waals surface area contributed by atoms with Gasteiger partial charge in [0, 0.05) is 23.1 Å². The maximum absolute atomic E-state index is 12.1. The van der Waals surface area contributed by atoms with Crippen LogP contribution in [-0.2, 0) is 4.79 Å². The zero-order chi connectivity index (χ0) is 17.9. The van der Waals surface area contributed by atoms with Gasteiger partial charge in [0.2, 0.25) is 0 Å². The molecule has 0 aromatic heterocycles. The zero-order valence-electron chi connectivity index (χ0n) is 13.9. The topological polar surface area (TPSA) is 41.5 Å². The molecule has 0 saturated heterocycles. The summed E-state index contributed by atoms with van der Waals surface area (Å²) in [7, 11) is 0. The van der Waals surface area contributed by atoms with E-state index >= 15 is 0 Å². The first-order valence-corrected chi connectivity index (χ1v) is 7.80. The van der Waals surface area contributed by atoms with E-state index in [2.05, 4.69) is 23.5 Å². The highest BCUT2D eigenvalue weighted by atomic mass is 35.5. The van der Waals surface area contributed by atoms with Crippen LogP contribution in [-0.4, -0.2) is 12.1 Å². The van der Waals surface area contributed by atoms with E-state index in [1.54, 1.807) is 19.2 Å². The average molecular weight is 341 g/mol. The van der Waals surface area contributed by atoms with Crippen LogP contribution in [0, 0.1) is 0 Å². The first kappa shape index (κ1) is 19.4. The summed E-state index contributed by atoms with van der Waals surface area (Å²) >= 11 is 6.02. The van der Waals surface area contributed by atoms with Gasteiger partial charge in [0.25, 0.3) is 5.91 Å². The van der Waals surface area contributed by atoms with Crippen LogP contribution in [0.25, 0.3) is 5.57 Å². The Morgan fingerprint density at radius 1 is 1.29 bits per heavy atom. The SMILES string of the molecule is C=C/C(=C\N=CC)C(=O)NC(=C)/C=C\C(=C/C)c1cccc(Cl)c1. The Morgan fingerprint density at radius 2 is 2.04 bits per heavy atom. The molecule has 124 valence electrons. The third kappa shape index (κ3) is 6.23. The van der Waals surface area contributed by atoms with Gasteiger partial charge in [0.15, 0.2) is 0 Å². The molecule has 3 nitrogen and oxygen atoms in total. The first-order valence-electron chi connectivity index (χ1n) is 7.42. The van der Waals surface area contributed by atoms with E-state index in [0.29, 0.717) is 16.3 Å². The molecule has 1 amide bonds. The van der Waals surface area contributed by atoms with Crippen LogP contribution in [0.3, 0.4) is 0 Å². The largest absolute Gasteiger partial charge is 0.323 e. The average Bonchev–Trinajstić information content (AvgIpc) is 2.56. The molecule has 0 aliphatic heterocycles. The summed E-state index contributed by atoms with van der Waals surface area (Å²) in [6, 6.07) is 7.56. The maximum Gasteiger partial charge on any atom is 0.257 e. The van der Waals surface area contributed by atoms with Crippen LogP contribution in [0.15, 0.2) is 84.2 Å². The Hall–Kier alpha value is -2.65. The number of hydrogen-bond donors (Lipinski definition) is 1. The van der Waals surface area contributed by atoms with Crippen LogP contribution in [0.5, 0.6) is 0 Å². The highest BCUT2D eigenvalue weighted by Gasteiger charge is 2.05. The number of amides is 1. The number of carbonyl (C=O) groups excluding carboxylic acids is 1. The summed E-state index contributed by atoms with van der Waals surface area (Å²) in [6.45, 7) is 11.1. The van der Waals surface area contributed by atoms with Gasteiger partial charge in [0.05, 0.1) is 5.57 Å². The number of nitrogens with one attached hydrogen (secondary N) is 1. The van der Waals surface area contributed by atoms with Gasteiger partial charge >= 0.3 is 0 Å². The molecular weight excluding hydrogens is 320 g/mol. The van der Waals surface area contributed by atoms with E-state index in [1.807, 2.05) is 43.3 Å². The molecule has 0 heterocycles. The molecule has 0 unspecified atom stereocenters. The van der Waals surface area contributed by atoms with Gasteiger partial charge in [-0.05, 0) is 43.2 Å². The standard InChI is InChI=1S/C20H21ClN2O/c1-5-16(18-9-8-10-19(21)13-18)12-11-15(4)23-20(24)17(6-2)14-22-7-3/h5-14H,2,4H2,1,3H3,(H,23,24)/b12-11-,16-5+,17-14+,22-7?. The normalized spacial score (nSPS) is 12.6. The van der Waals surface area contributed by atoms with Crippen LogP contribution in [0.2, 0.25) is 5.02 Å². The van der Waals surface area contributed by atoms with Gasteiger partial charge in [-0.3, -0.25) is 9.79 Å². The zero-order valence-corrected chi connectivity index (χ0v) is 14.7. The fourth-order valence-electron chi connectivity index (χ4n) is 1.84. The molecule has 1 N–H and O–H groups in total. The van der Waals surface area contributed by atoms with Crippen molar-refractivity contribution in [1.29, 1.82) is 0 Å². The molecule has 0 aliphatic carbocycles. The summed E-state index contributed by atoms with van der Waals surface area (Å²) in [4.78, 5) is 16.0. The number of rotatable bonds is 7. The molecule has 0 atom stereocenters. The molecular formula is C20H21ClN2O. The number of allylic oxidation sites excluding steroid dienone is 4. The number of nitrogens with zero attached hydrogens (tertiary/aromatic N) is 1. The Bertz CT molecular complexity index is 740. The van der Waals surface area contributed by atoms with Crippen molar-refractivity contribution in [2.24, 2.45) is 4.99 Å². The second-order valence-corrected chi connectivity index (χ2v) is 5.20. The van der Waals surface area contributed by atoms with Gasteiger partial charge in [0.1, 0.15) is 0 Å². The van der Waals surface area contributed by atoms with Gasteiger partial charge in [-0.25, -0.2) is 0 Å². The number of hydrogen-bond acceptors (Lipinski definition) is 2. The maximum atomic E-state index is 12.1. The van der Waals surface area contributed by atoms with Gasteiger partial charge in [-0.15, -0.1) is 0 Å². The predicted molar refractivity (Wildman–Crippen MR) is 104 cm³/mol. The fraction of sp³-hybridized carbons (Fsp3) is 0.100. The van der Waals surface area contributed by atoms with Crippen molar-refractivity contribution >= 4 is 29.3 Å². The highest BCUT2D eigenvalue weighted by Crippen LogP contribution is 2.20. The summed E-state index contributed by atoms with van der Waals surface area (Å²) in [5.41, 5.74) is 2.80. The number of carbonyl (C=O) groups is 1. The lowest BCUT2D eigenvalue weighted by atomic mass is 10.1. The van der Waals surface area contributed by atoms with Crippen molar-refractivity contribution < 1.29 is 4.79 Å². The van der Waals surface area contributed by atoms with E-state index in [1.165, 1.54) is 12.3 Å².